The molecule has 2 heteroatoms. The Morgan fingerprint density at radius 1 is 1.25 bits per heavy atom. The van der Waals surface area contributed by atoms with Crippen molar-refractivity contribution in [3.63, 3.8) is 0 Å². The Morgan fingerprint density at radius 3 is 2.69 bits per heavy atom. The van der Waals surface area contributed by atoms with Crippen molar-refractivity contribution >= 4 is 0 Å². The number of hydrogen-bond donors (Lipinski definition) is 1. The largest absolute Gasteiger partial charge is 0.392 e. The van der Waals surface area contributed by atoms with E-state index in [-0.39, 0.29) is 11.5 Å². The Morgan fingerprint density at radius 2 is 1.94 bits per heavy atom. The summed E-state index contributed by atoms with van der Waals surface area (Å²) in [5.41, 5.74) is 2.83. The van der Waals surface area contributed by atoms with E-state index in [9.17, 15) is 5.11 Å². The monoisotopic (exact) mass is 217 g/mol. The number of hydrogen-bond acceptors (Lipinski definition) is 2. The third-order valence-electron chi connectivity index (χ3n) is 4.48. The molecule has 0 aromatic heterocycles. The number of likely N-dealkylation sites (tertiary alicyclic amines) is 1. The van der Waals surface area contributed by atoms with E-state index in [4.69, 9.17) is 0 Å². The second-order valence-electron chi connectivity index (χ2n) is 5.34. The maximum Gasteiger partial charge on any atom is 0.0678 e. The van der Waals surface area contributed by atoms with Gasteiger partial charge in [0.1, 0.15) is 0 Å². The first kappa shape index (κ1) is 10.3. The molecule has 0 bridgehead atoms. The Bertz CT molecular complexity index is 393. The molecule has 1 aromatic rings. The molecule has 1 atom stereocenters. The summed E-state index contributed by atoms with van der Waals surface area (Å²) >= 11 is 0. The maximum atomic E-state index is 10.4. The number of piperidine rings is 1. The van der Waals surface area contributed by atoms with E-state index in [1.807, 2.05) is 0 Å². The molecular formula is C14H19NO. The summed E-state index contributed by atoms with van der Waals surface area (Å²) in [4.78, 5) is 2.36. The van der Waals surface area contributed by atoms with E-state index in [0.29, 0.717) is 0 Å². The minimum Gasteiger partial charge on any atom is -0.392 e. The third-order valence-corrected chi connectivity index (χ3v) is 4.48. The van der Waals surface area contributed by atoms with Crippen molar-refractivity contribution in [2.24, 2.45) is 0 Å². The highest BCUT2D eigenvalue weighted by Crippen LogP contribution is 2.45. The number of nitrogens with zero attached hydrogens (tertiary/aromatic N) is 1. The Hall–Kier alpha value is -0.860. The Balaban J connectivity index is 2.01. The van der Waals surface area contributed by atoms with Crippen LogP contribution in [-0.4, -0.2) is 36.2 Å². The summed E-state index contributed by atoms with van der Waals surface area (Å²) in [6, 6.07) is 8.58. The molecule has 0 amide bonds. The van der Waals surface area contributed by atoms with Gasteiger partial charge in [0, 0.05) is 5.41 Å². The van der Waals surface area contributed by atoms with Gasteiger partial charge in [0.05, 0.1) is 6.10 Å². The van der Waals surface area contributed by atoms with Crippen molar-refractivity contribution in [3.8, 4) is 0 Å². The summed E-state index contributed by atoms with van der Waals surface area (Å²) in [5.74, 6) is 0. The van der Waals surface area contributed by atoms with Gasteiger partial charge in [-0.15, -0.1) is 0 Å². The van der Waals surface area contributed by atoms with E-state index < -0.39 is 0 Å². The van der Waals surface area contributed by atoms with Crippen LogP contribution in [0.3, 0.4) is 0 Å². The Labute approximate surface area is 96.9 Å². The molecule has 1 fully saturated rings. The second-order valence-corrected chi connectivity index (χ2v) is 5.34. The minimum absolute atomic E-state index is 0.0586. The second kappa shape index (κ2) is 3.57. The van der Waals surface area contributed by atoms with E-state index in [0.717, 1.165) is 32.4 Å². The number of rotatable bonds is 0. The van der Waals surface area contributed by atoms with E-state index >= 15 is 0 Å². The first-order chi connectivity index (χ1) is 7.72. The first-order valence-corrected chi connectivity index (χ1v) is 6.17. The highest BCUT2D eigenvalue weighted by Gasteiger charge is 2.46. The first-order valence-electron chi connectivity index (χ1n) is 6.17. The zero-order valence-corrected chi connectivity index (χ0v) is 9.82. The fourth-order valence-electron chi connectivity index (χ4n) is 3.39. The van der Waals surface area contributed by atoms with Crippen LogP contribution in [0.2, 0.25) is 0 Å². The van der Waals surface area contributed by atoms with Gasteiger partial charge in [-0.1, -0.05) is 24.3 Å². The van der Waals surface area contributed by atoms with Crippen LogP contribution < -0.4 is 0 Å². The summed E-state index contributed by atoms with van der Waals surface area (Å²) in [5, 5.41) is 10.4. The smallest absolute Gasteiger partial charge is 0.0678 e. The van der Waals surface area contributed by atoms with Gasteiger partial charge in [-0.2, -0.15) is 0 Å². The van der Waals surface area contributed by atoms with Crippen LogP contribution in [0, 0.1) is 0 Å². The highest BCUT2D eigenvalue weighted by molar-refractivity contribution is 5.42. The number of aliphatic hydroxyl groups is 1. The molecule has 86 valence electrons. The van der Waals surface area contributed by atoms with Gasteiger partial charge >= 0.3 is 0 Å². The zero-order chi connectivity index (χ0) is 11.2. The molecule has 1 spiro atoms. The minimum atomic E-state index is -0.168. The van der Waals surface area contributed by atoms with E-state index in [2.05, 4.69) is 36.2 Å². The molecule has 2 nitrogen and oxygen atoms in total. The van der Waals surface area contributed by atoms with Gasteiger partial charge in [0.25, 0.3) is 0 Å². The summed E-state index contributed by atoms with van der Waals surface area (Å²) in [6.07, 6.45) is 2.88. The SMILES string of the molecule is CN1CCC2(CC1)c1ccccc1C[C@H]2O. The van der Waals surface area contributed by atoms with Crippen molar-refractivity contribution in [2.75, 3.05) is 20.1 Å². The third kappa shape index (κ3) is 1.33. The number of fused-ring (bicyclic) bond motifs is 2. The normalized spacial score (nSPS) is 28.2. The molecule has 1 aromatic carbocycles. The van der Waals surface area contributed by atoms with Gasteiger partial charge in [-0.05, 0) is 50.5 Å². The molecule has 1 saturated heterocycles. The molecule has 0 unspecified atom stereocenters. The standard InChI is InChI=1S/C14H19NO/c1-15-8-6-14(7-9-15)12-5-3-2-4-11(12)10-13(14)16/h2-5,13,16H,6-10H2,1H3/t13-/m1/s1. The topological polar surface area (TPSA) is 23.5 Å². The predicted molar refractivity (Wildman–Crippen MR) is 64.6 cm³/mol. The molecule has 1 N–H and O–H groups in total. The predicted octanol–water partition coefficient (Wildman–Crippen LogP) is 1.57. The fourth-order valence-corrected chi connectivity index (χ4v) is 3.39. The average Bonchev–Trinajstić information content (AvgIpc) is 2.57. The molecule has 0 saturated carbocycles. The number of aliphatic hydroxyl groups excluding tert-OH is 1. The molecule has 16 heavy (non-hydrogen) atoms. The molecule has 1 aliphatic heterocycles. The van der Waals surface area contributed by atoms with E-state index in [1.165, 1.54) is 11.1 Å². The van der Waals surface area contributed by atoms with Crippen LogP contribution >= 0.6 is 0 Å². The zero-order valence-electron chi connectivity index (χ0n) is 9.82. The van der Waals surface area contributed by atoms with Crippen molar-refractivity contribution < 1.29 is 5.11 Å². The maximum absolute atomic E-state index is 10.4. The molecule has 3 rings (SSSR count). The lowest BCUT2D eigenvalue weighted by atomic mass is 9.72. The van der Waals surface area contributed by atoms with Crippen LogP contribution in [0.4, 0.5) is 0 Å². The van der Waals surface area contributed by atoms with Gasteiger partial charge in [0.15, 0.2) is 0 Å². The van der Waals surface area contributed by atoms with Gasteiger partial charge in [-0.3, -0.25) is 0 Å². The molecule has 1 heterocycles. The summed E-state index contributed by atoms with van der Waals surface area (Å²) in [7, 11) is 2.17. The molecule has 0 radical (unpaired) electrons. The van der Waals surface area contributed by atoms with Crippen LogP contribution in [0.5, 0.6) is 0 Å². The van der Waals surface area contributed by atoms with E-state index in [1.54, 1.807) is 0 Å². The lowest BCUT2D eigenvalue weighted by Crippen LogP contribution is -2.46. The molecule has 1 aliphatic carbocycles. The number of benzene rings is 1. The van der Waals surface area contributed by atoms with Crippen molar-refractivity contribution in [2.45, 2.75) is 30.8 Å². The highest BCUT2D eigenvalue weighted by atomic mass is 16.3. The van der Waals surface area contributed by atoms with Crippen LogP contribution in [-0.2, 0) is 11.8 Å². The quantitative estimate of drug-likeness (QED) is 0.713. The molecular weight excluding hydrogens is 198 g/mol. The average molecular weight is 217 g/mol. The van der Waals surface area contributed by atoms with Crippen LogP contribution in [0.25, 0.3) is 0 Å². The lowest BCUT2D eigenvalue weighted by Gasteiger charge is -2.41. The fraction of sp³-hybridized carbons (Fsp3) is 0.571. The van der Waals surface area contributed by atoms with Crippen molar-refractivity contribution in [3.05, 3.63) is 35.4 Å². The van der Waals surface area contributed by atoms with Crippen molar-refractivity contribution in [1.29, 1.82) is 0 Å². The molecule has 2 aliphatic rings. The summed E-state index contributed by atoms with van der Waals surface area (Å²) in [6.45, 7) is 2.21. The van der Waals surface area contributed by atoms with Crippen molar-refractivity contribution in [1.82, 2.24) is 4.90 Å². The Kier molecular flexibility index (Phi) is 2.30. The van der Waals surface area contributed by atoms with Crippen LogP contribution in [0.15, 0.2) is 24.3 Å². The van der Waals surface area contributed by atoms with Crippen LogP contribution in [0.1, 0.15) is 24.0 Å². The lowest BCUT2D eigenvalue weighted by molar-refractivity contribution is 0.0500. The van der Waals surface area contributed by atoms with Gasteiger partial charge in [-0.25, -0.2) is 0 Å². The summed E-state index contributed by atoms with van der Waals surface area (Å²) < 4.78 is 0. The van der Waals surface area contributed by atoms with Gasteiger partial charge < -0.3 is 10.0 Å². The van der Waals surface area contributed by atoms with Gasteiger partial charge in [0.2, 0.25) is 0 Å².